The minimum absolute atomic E-state index is 0.370. The van der Waals surface area contributed by atoms with Crippen LogP contribution in [0, 0.1) is 0 Å². The highest BCUT2D eigenvalue weighted by atomic mass is 35.5. The molecule has 0 aliphatic heterocycles. The van der Waals surface area contributed by atoms with Crippen LogP contribution in [0.25, 0.3) is 11.1 Å². The highest BCUT2D eigenvalue weighted by molar-refractivity contribution is 6.31. The Morgan fingerprint density at radius 3 is 2.71 bits per heavy atom. The van der Waals surface area contributed by atoms with Crippen molar-refractivity contribution in [3.8, 4) is 11.1 Å². The van der Waals surface area contributed by atoms with Gasteiger partial charge in [0.2, 0.25) is 0 Å². The number of aryl methyl sites for hydroxylation is 2. The molecule has 0 radical (unpaired) electrons. The van der Waals surface area contributed by atoms with Crippen molar-refractivity contribution in [1.82, 2.24) is 4.98 Å². The van der Waals surface area contributed by atoms with E-state index < -0.39 is 0 Å². The van der Waals surface area contributed by atoms with Crippen molar-refractivity contribution in [3.05, 3.63) is 46.7 Å². The number of halogens is 1. The SMILES string of the molecule is Nc1cc(-c2ccc3c(c2)CCC3)cnc1Cl. The lowest BCUT2D eigenvalue weighted by molar-refractivity contribution is 0.912. The highest BCUT2D eigenvalue weighted by Crippen LogP contribution is 2.29. The van der Waals surface area contributed by atoms with Gasteiger partial charge in [-0.25, -0.2) is 4.98 Å². The Balaban J connectivity index is 2.06. The molecule has 1 heterocycles. The van der Waals surface area contributed by atoms with E-state index in [1.807, 2.05) is 6.07 Å². The Hall–Kier alpha value is -1.54. The number of fused-ring (bicyclic) bond motifs is 1. The van der Waals surface area contributed by atoms with Gasteiger partial charge in [0.25, 0.3) is 0 Å². The molecule has 0 saturated carbocycles. The zero-order chi connectivity index (χ0) is 11.8. The van der Waals surface area contributed by atoms with Gasteiger partial charge in [0.05, 0.1) is 5.69 Å². The van der Waals surface area contributed by atoms with Crippen LogP contribution in [0.4, 0.5) is 5.69 Å². The maximum absolute atomic E-state index is 5.83. The Morgan fingerprint density at radius 2 is 1.88 bits per heavy atom. The second-order valence-electron chi connectivity index (χ2n) is 4.44. The average Bonchev–Trinajstić information content (AvgIpc) is 2.79. The van der Waals surface area contributed by atoms with Gasteiger partial charge in [-0.3, -0.25) is 0 Å². The molecule has 1 aliphatic rings. The minimum atomic E-state index is 0.370. The van der Waals surface area contributed by atoms with Gasteiger partial charge >= 0.3 is 0 Å². The number of nitrogen functional groups attached to an aromatic ring is 1. The first kappa shape index (κ1) is 10.6. The molecule has 1 aliphatic carbocycles. The third kappa shape index (κ3) is 1.89. The molecule has 2 nitrogen and oxygen atoms in total. The summed E-state index contributed by atoms with van der Waals surface area (Å²) in [6.45, 7) is 0. The number of anilines is 1. The lowest BCUT2D eigenvalue weighted by atomic mass is 10.0. The first-order valence-electron chi connectivity index (χ1n) is 5.77. The molecule has 2 aromatic rings. The number of benzene rings is 1. The Morgan fingerprint density at radius 1 is 1.06 bits per heavy atom. The van der Waals surface area contributed by atoms with E-state index in [-0.39, 0.29) is 0 Å². The van der Waals surface area contributed by atoms with E-state index in [2.05, 4.69) is 23.2 Å². The van der Waals surface area contributed by atoms with Gasteiger partial charge in [-0.05, 0) is 42.0 Å². The van der Waals surface area contributed by atoms with Crippen LogP contribution in [0.15, 0.2) is 30.5 Å². The molecule has 0 atom stereocenters. The van der Waals surface area contributed by atoms with Gasteiger partial charge in [0.15, 0.2) is 5.15 Å². The standard InChI is InChI=1S/C14H13ClN2/c15-14-13(16)7-12(8-17-14)11-5-4-9-2-1-3-10(9)6-11/h4-8H,1-3,16H2. The van der Waals surface area contributed by atoms with Crippen LogP contribution in [-0.2, 0) is 12.8 Å². The molecule has 0 spiro atoms. The number of aromatic nitrogens is 1. The highest BCUT2D eigenvalue weighted by Gasteiger charge is 2.11. The van der Waals surface area contributed by atoms with Crippen molar-refractivity contribution >= 4 is 17.3 Å². The fourth-order valence-corrected chi connectivity index (χ4v) is 2.48. The van der Waals surface area contributed by atoms with E-state index in [9.17, 15) is 0 Å². The van der Waals surface area contributed by atoms with E-state index >= 15 is 0 Å². The van der Waals surface area contributed by atoms with Crippen molar-refractivity contribution in [3.63, 3.8) is 0 Å². The summed E-state index contributed by atoms with van der Waals surface area (Å²) in [6.07, 6.45) is 5.42. The van der Waals surface area contributed by atoms with E-state index in [1.165, 1.54) is 36.0 Å². The lowest BCUT2D eigenvalue weighted by Crippen LogP contribution is -1.91. The van der Waals surface area contributed by atoms with Crippen molar-refractivity contribution in [2.45, 2.75) is 19.3 Å². The first-order chi connectivity index (χ1) is 8.24. The smallest absolute Gasteiger partial charge is 0.151 e. The molecule has 17 heavy (non-hydrogen) atoms. The number of pyridine rings is 1. The third-order valence-electron chi connectivity index (χ3n) is 3.30. The molecule has 0 amide bonds. The molecule has 3 heteroatoms. The van der Waals surface area contributed by atoms with Crippen LogP contribution in [0.3, 0.4) is 0 Å². The largest absolute Gasteiger partial charge is 0.396 e. The number of nitrogens with two attached hydrogens (primary N) is 1. The lowest BCUT2D eigenvalue weighted by Gasteiger charge is -2.06. The zero-order valence-corrected chi connectivity index (χ0v) is 10.2. The summed E-state index contributed by atoms with van der Waals surface area (Å²) in [5, 5.41) is 0.370. The van der Waals surface area contributed by atoms with E-state index in [0.717, 1.165) is 5.56 Å². The molecule has 86 valence electrons. The normalized spacial score (nSPS) is 13.7. The predicted octanol–water partition coefficient (Wildman–Crippen LogP) is 3.47. The Labute approximate surface area is 105 Å². The van der Waals surface area contributed by atoms with Gasteiger partial charge in [0.1, 0.15) is 0 Å². The summed E-state index contributed by atoms with van der Waals surface area (Å²) >= 11 is 5.83. The number of rotatable bonds is 1. The van der Waals surface area contributed by atoms with Crippen molar-refractivity contribution in [2.75, 3.05) is 5.73 Å². The van der Waals surface area contributed by atoms with Crippen LogP contribution >= 0.6 is 11.6 Å². The fourth-order valence-electron chi connectivity index (χ4n) is 2.37. The molecule has 2 N–H and O–H groups in total. The molecule has 0 fully saturated rings. The van der Waals surface area contributed by atoms with Crippen LogP contribution in [0.5, 0.6) is 0 Å². The predicted molar refractivity (Wildman–Crippen MR) is 71.1 cm³/mol. The van der Waals surface area contributed by atoms with Gasteiger partial charge in [-0.15, -0.1) is 0 Å². The summed E-state index contributed by atoms with van der Waals surface area (Å²) in [6, 6.07) is 8.47. The fraction of sp³-hybridized carbons (Fsp3) is 0.214. The number of hydrogen-bond acceptors (Lipinski definition) is 2. The minimum Gasteiger partial charge on any atom is -0.396 e. The summed E-state index contributed by atoms with van der Waals surface area (Å²) in [5.74, 6) is 0. The molecule has 0 unspecified atom stereocenters. The molecule has 1 aromatic heterocycles. The molecular formula is C14H13ClN2. The van der Waals surface area contributed by atoms with E-state index in [4.69, 9.17) is 17.3 Å². The first-order valence-corrected chi connectivity index (χ1v) is 6.15. The average molecular weight is 245 g/mol. The quantitative estimate of drug-likeness (QED) is 0.780. The van der Waals surface area contributed by atoms with Gasteiger partial charge < -0.3 is 5.73 Å². The van der Waals surface area contributed by atoms with Gasteiger partial charge in [0, 0.05) is 11.8 Å². The Kier molecular flexibility index (Phi) is 2.52. The van der Waals surface area contributed by atoms with Gasteiger partial charge in [-0.1, -0.05) is 29.8 Å². The molecule has 3 rings (SSSR count). The number of hydrogen-bond donors (Lipinski definition) is 1. The van der Waals surface area contributed by atoms with Crippen molar-refractivity contribution < 1.29 is 0 Å². The van der Waals surface area contributed by atoms with Crippen LogP contribution in [-0.4, -0.2) is 4.98 Å². The Bertz CT molecular complexity index is 578. The number of nitrogens with zero attached hydrogens (tertiary/aromatic N) is 1. The van der Waals surface area contributed by atoms with Gasteiger partial charge in [-0.2, -0.15) is 0 Å². The topological polar surface area (TPSA) is 38.9 Å². The van der Waals surface area contributed by atoms with E-state index in [0.29, 0.717) is 10.8 Å². The summed E-state index contributed by atoms with van der Waals surface area (Å²) in [5.41, 5.74) is 11.4. The van der Waals surface area contributed by atoms with Crippen LogP contribution in [0.1, 0.15) is 17.5 Å². The monoisotopic (exact) mass is 244 g/mol. The maximum atomic E-state index is 5.83. The summed E-state index contributed by atoms with van der Waals surface area (Å²) in [4.78, 5) is 4.09. The van der Waals surface area contributed by atoms with Crippen LogP contribution in [0.2, 0.25) is 5.15 Å². The summed E-state index contributed by atoms with van der Waals surface area (Å²) in [7, 11) is 0. The van der Waals surface area contributed by atoms with Crippen molar-refractivity contribution in [1.29, 1.82) is 0 Å². The summed E-state index contributed by atoms with van der Waals surface area (Å²) < 4.78 is 0. The van der Waals surface area contributed by atoms with E-state index in [1.54, 1.807) is 6.20 Å². The van der Waals surface area contributed by atoms with Crippen LogP contribution < -0.4 is 5.73 Å². The zero-order valence-electron chi connectivity index (χ0n) is 9.41. The second-order valence-corrected chi connectivity index (χ2v) is 4.80. The molecule has 0 bridgehead atoms. The van der Waals surface area contributed by atoms with Crippen molar-refractivity contribution in [2.24, 2.45) is 0 Å². The molecule has 0 saturated heterocycles. The maximum Gasteiger partial charge on any atom is 0.151 e. The molecular weight excluding hydrogens is 232 g/mol. The second kappa shape index (κ2) is 4.04. The molecule has 1 aromatic carbocycles. The third-order valence-corrected chi connectivity index (χ3v) is 3.61.